The van der Waals surface area contributed by atoms with Crippen molar-refractivity contribution in [3.63, 3.8) is 0 Å². The highest BCUT2D eigenvalue weighted by Crippen LogP contribution is 2.57. The van der Waals surface area contributed by atoms with Gasteiger partial charge in [-0.25, -0.2) is 9.48 Å². The lowest BCUT2D eigenvalue weighted by Gasteiger charge is -2.56. The second kappa shape index (κ2) is 10.6. The lowest BCUT2D eigenvalue weighted by Crippen LogP contribution is -2.52. The van der Waals surface area contributed by atoms with Crippen molar-refractivity contribution in [3.8, 4) is 0 Å². The zero-order valence-electron chi connectivity index (χ0n) is 23.2. The summed E-state index contributed by atoms with van der Waals surface area (Å²) in [6.45, 7) is 2.28. The molecule has 1 aromatic carbocycles. The van der Waals surface area contributed by atoms with E-state index in [-0.39, 0.29) is 36.0 Å². The third-order valence-electron chi connectivity index (χ3n) is 9.70. The number of benzene rings is 1. The van der Waals surface area contributed by atoms with Crippen LogP contribution in [0.15, 0.2) is 29.1 Å². The van der Waals surface area contributed by atoms with Crippen molar-refractivity contribution in [3.05, 3.63) is 51.4 Å². The second-order valence-corrected chi connectivity index (χ2v) is 12.4. The summed E-state index contributed by atoms with van der Waals surface area (Å²) in [4.78, 5) is 39.8. The molecular formula is C31H41N3O5. The fourth-order valence-electron chi connectivity index (χ4n) is 8.36. The van der Waals surface area contributed by atoms with Crippen LogP contribution in [0.4, 0.5) is 5.69 Å². The van der Waals surface area contributed by atoms with E-state index in [1.807, 2.05) is 11.7 Å². The Hall–Kier alpha value is -2.87. The maximum Gasteiger partial charge on any atom is 0.338 e. The summed E-state index contributed by atoms with van der Waals surface area (Å²) in [6, 6.07) is 6.74. The summed E-state index contributed by atoms with van der Waals surface area (Å²) in [6.07, 6.45) is 12.5. The molecule has 4 bridgehead atoms. The van der Waals surface area contributed by atoms with Crippen LogP contribution in [0.25, 0.3) is 0 Å². The van der Waals surface area contributed by atoms with Crippen LogP contribution >= 0.6 is 0 Å². The molecule has 1 N–H and O–H groups in total. The minimum absolute atomic E-state index is 0.0863. The number of aromatic nitrogens is 2. The highest BCUT2D eigenvalue weighted by Gasteiger charge is 2.52. The predicted molar refractivity (Wildman–Crippen MR) is 148 cm³/mol. The zero-order chi connectivity index (χ0) is 27.1. The average Bonchev–Trinajstić information content (AvgIpc) is 3.16. The second-order valence-electron chi connectivity index (χ2n) is 12.4. The first-order valence-electron chi connectivity index (χ1n) is 14.9. The molecule has 39 heavy (non-hydrogen) atoms. The molecule has 1 heterocycles. The smallest absolute Gasteiger partial charge is 0.338 e. The molecular weight excluding hydrogens is 494 g/mol. The number of hydrogen-bond donors (Lipinski definition) is 1. The van der Waals surface area contributed by atoms with Gasteiger partial charge in [0.1, 0.15) is 5.56 Å². The maximum absolute atomic E-state index is 13.9. The number of amides is 1. The average molecular weight is 536 g/mol. The summed E-state index contributed by atoms with van der Waals surface area (Å²) in [5.41, 5.74) is 1.21. The van der Waals surface area contributed by atoms with E-state index in [2.05, 4.69) is 5.32 Å². The Morgan fingerprint density at radius 1 is 1.03 bits per heavy atom. The molecule has 5 aliphatic carbocycles. The monoisotopic (exact) mass is 535 g/mol. The molecule has 0 saturated heterocycles. The molecule has 0 atom stereocenters. The number of hydrogen-bond acceptors (Lipinski definition) is 5. The first kappa shape index (κ1) is 26.4. The molecule has 2 aromatic rings. The maximum atomic E-state index is 13.9. The normalized spacial score (nSPS) is 28.0. The molecule has 1 amide bonds. The summed E-state index contributed by atoms with van der Waals surface area (Å²) >= 11 is 0. The molecule has 7 rings (SSSR count). The number of anilines is 1. The van der Waals surface area contributed by atoms with Gasteiger partial charge in [0.2, 0.25) is 0 Å². The Morgan fingerprint density at radius 3 is 2.33 bits per heavy atom. The van der Waals surface area contributed by atoms with Crippen molar-refractivity contribution in [2.24, 2.45) is 24.8 Å². The Balaban J connectivity index is 1.30. The molecule has 5 fully saturated rings. The lowest BCUT2D eigenvalue weighted by molar-refractivity contribution is -0.169. The molecule has 0 aliphatic heterocycles. The molecule has 1 aromatic heterocycles. The van der Waals surface area contributed by atoms with Crippen LogP contribution in [0.3, 0.4) is 0 Å². The van der Waals surface area contributed by atoms with E-state index in [9.17, 15) is 14.4 Å². The minimum Gasteiger partial charge on any atom is -0.462 e. The Labute approximate surface area is 230 Å². The van der Waals surface area contributed by atoms with Gasteiger partial charge in [-0.1, -0.05) is 25.3 Å². The zero-order valence-corrected chi connectivity index (χ0v) is 23.2. The number of ether oxygens (including phenoxy) is 2. The van der Waals surface area contributed by atoms with Crippen molar-refractivity contribution in [2.75, 3.05) is 11.9 Å². The number of nitrogens with one attached hydrogen (secondary N) is 1. The number of esters is 1. The van der Waals surface area contributed by atoms with E-state index >= 15 is 0 Å². The molecule has 0 unspecified atom stereocenters. The predicted octanol–water partition coefficient (Wildman–Crippen LogP) is 5.61. The van der Waals surface area contributed by atoms with Crippen molar-refractivity contribution >= 4 is 17.6 Å². The van der Waals surface area contributed by atoms with Crippen LogP contribution in [-0.4, -0.2) is 33.4 Å². The number of nitrogens with zero attached hydrogens (tertiary/aromatic N) is 2. The lowest BCUT2D eigenvalue weighted by atomic mass is 9.54. The Kier molecular flexibility index (Phi) is 7.16. The quantitative estimate of drug-likeness (QED) is 0.444. The SMILES string of the molecule is CCOC(=O)c1cccc(NC(=O)c2c(COC34CC5CC(CC(C5)C3)C4)n(C)n(C3CCCCC3)c2=O)c1. The van der Waals surface area contributed by atoms with Gasteiger partial charge in [-0.05, 0) is 94.2 Å². The van der Waals surface area contributed by atoms with Gasteiger partial charge in [0, 0.05) is 12.7 Å². The van der Waals surface area contributed by atoms with E-state index in [0.717, 1.165) is 62.7 Å². The van der Waals surface area contributed by atoms with Crippen LogP contribution < -0.4 is 10.9 Å². The van der Waals surface area contributed by atoms with E-state index < -0.39 is 11.9 Å². The number of carbonyl (C=O) groups is 2. The number of rotatable bonds is 8. The summed E-state index contributed by atoms with van der Waals surface area (Å²) in [5, 5.41) is 2.89. The standard InChI is InChI=1S/C31H41N3O5/c1-3-38-30(37)23-8-7-9-24(15-23)32-28(35)27-26(33(2)34(29(27)36)25-10-5-4-6-11-25)19-39-31-16-20-12-21(17-31)14-22(13-20)18-31/h7-9,15,20-22,25H,3-6,10-14,16-19H2,1-2H3,(H,32,35). The van der Waals surface area contributed by atoms with Crippen LogP contribution in [0, 0.1) is 17.8 Å². The van der Waals surface area contributed by atoms with E-state index in [0.29, 0.717) is 16.9 Å². The van der Waals surface area contributed by atoms with E-state index in [4.69, 9.17) is 9.47 Å². The van der Waals surface area contributed by atoms with Gasteiger partial charge in [-0.3, -0.25) is 14.3 Å². The summed E-state index contributed by atoms with van der Waals surface area (Å²) in [5.74, 6) is 1.34. The summed E-state index contributed by atoms with van der Waals surface area (Å²) < 4.78 is 15.6. The number of carbonyl (C=O) groups excluding carboxylic acids is 2. The fourth-order valence-corrected chi connectivity index (χ4v) is 8.36. The molecule has 8 nitrogen and oxygen atoms in total. The van der Waals surface area contributed by atoms with Gasteiger partial charge in [0.15, 0.2) is 0 Å². The van der Waals surface area contributed by atoms with Crippen LogP contribution in [0.2, 0.25) is 0 Å². The molecule has 210 valence electrons. The van der Waals surface area contributed by atoms with Gasteiger partial charge in [-0.2, -0.15) is 0 Å². The molecule has 5 saturated carbocycles. The summed E-state index contributed by atoms with van der Waals surface area (Å²) in [7, 11) is 1.90. The van der Waals surface area contributed by atoms with Crippen molar-refractivity contribution < 1.29 is 19.1 Å². The third kappa shape index (κ3) is 5.08. The molecule has 8 heteroatoms. The van der Waals surface area contributed by atoms with Crippen molar-refractivity contribution in [1.29, 1.82) is 0 Å². The first-order chi connectivity index (χ1) is 18.9. The Bertz CT molecular complexity index is 1270. The largest absolute Gasteiger partial charge is 0.462 e. The first-order valence-corrected chi connectivity index (χ1v) is 14.9. The highest BCUT2D eigenvalue weighted by molar-refractivity contribution is 6.05. The van der Waals surface area contributed by atoms with Gasteiger partial charge >= 0.3 is 5.97 Å². The minimum atomic E-state index is -0.463. The Morgan fingerprint density at radius 2 is 1.69 bits per heavy atom. The molecule has 0 radical (unpaired) electrons. The fraction of sp³-hybridized carbons (Fsp3) is 0.645. The van der Waals surface area contributed by atoms with Gasteiger partial charge in [0.05, 0.1) is 36.1 Å². The topological polar surface area (TPSA) is 91.6 Å². The molecule has 5 aliphatic rings. The van der Waals surface area contributed by atoms with Crippen LogP contribution in [0.1, 0.15) is 110 Å². The van der Waals surface area contributed by atoms with E-state index in [1.54, 1.807) is 35.9 Å². The van der Waals surface area contributed by atoms with Crippen molar-refractivity contribution in [1.82, 2.24) is 9.36 Å². The van der Waals surface area contributed by atoms with E-state index in [1.165, 1.54) is 25.7 Å². The van der Waals surface area contributed by atoms with Crippen molar-refractivity contribution in [2.45, 2.75) is 95.8 Å². The van der Waals surface area contributed by atoms with Crippen LogP contribution in [-0.2, 0) is 23.1 Å². The van der Waals surface area contributed by atoms with Gasteiger partial charge < -0.3 is 14.8 Å². The highest BCUT2D eigenvalue weighted by atomic mass is 16.5. The van der Waals surface area contributed by atoms with Crippen LogP contribution in [0.5, 0.6) is 0 Å². The third-order valence-corrected chi connectivity index (χ3v) is 9.70. The van der Waals surface area contributed by atoms with Gasteiger partial charge in [-0.15, -0.1) is 0 Å². The molecule has 0 spiro atoms. The van der Waals surface area contributed by atoms with Gasteiger partial charge in [0.25, 0.3) is 11.5 Å².